The van der Waals surface area contributed by atoms with Crippen LogP contribution < -0.4 is 0 Å². The highest BCUT2D eigenvalue weighted by Gasteiger charge is 2.14. The summed E-state index contributed by atoms with van der Waals surface area (Å²) in [6, 6.07) is 20.0. The predicted octanol–water partition coefficient (Wildman–Crippen LogP) is 3.76. The molecule has 5 nitrogen and oxygen atoms in total. The lowest BCUT2D eigenvalue weighted by atomic mass is 10.1. The van der Waals surface area contributed by atoms with Crippen LogP contribution >= 0.6 is 0 Å². The summed E-state index contributed by atoms with van der Waals surface area (Å²) in [7, 11) is 0. The third-order valence-corrected chi connectivity index (χ3v) is 3.53. The molecule has 2 aromatic carbocycles. The van der Waals surface area contributed by atoms with Gasteiger partial charge in [-0.25, -0.2) is 0 Å². The quantitative estimate of drug-likeness (QED) is 0.608. The lowest BCUT2D eigenvalue weighted by molar-refractivity contribution is 0.594. The molecule has 2 heterocycles. The number of nitrogens with zero attached hydrogens (tertiary/aromatic N) is 3. The number of aromatic nitrogens is 3. The monoisotopic (exact) mass is 286 g/mol. The van der Waals surface area contributed by atoms with Crippen LogP contribution in [0.1, 0.15) is 5.69 Å². The number of rotatable bonds is 2. The fourth-order valence-corrected chi connectivity index (χ4v) is 2.44. The number of benzene rings is 2. The van der Waals surface area contributed by atoms with Gasteiger partial charge in [0.25, 0.3) is 0 Å². The third kappa shape index (κ3) is 1.95. The first kappa shape index (κ1) is 12.4. The van der Waals surface area contributed by atoms with Crippen molar-refractivity contribution < 1.29 is 4.42 Å². The number of hydrogen-bond acceptors (Lipinski definition) is 4. The molecule has 0 saturated heterocycles. The molecule has 0 amide bonds. The SMILES string of the molecule is N#Cc1n[nH]nc1-c1ccc(-c2ccc3ccccc3c2)o1. The van der Waals surface area contributed by atoms with Gasteiger partial charge in [0.1, 0.15) is 11.8 Å². The van der Waals surface area contributed by atoms with E-state index in [4.69, 9.17) is 9.68 Å². The maximum absolute atomic E-state index is 9.00. The minimum absolute atomic E-state index is 0.222. The average Bonchev–Trinajstić information content (AvgIpc) is 3.22. The largest absolute Gasteiger partial charge is 0.454 e. The topological polar surface area (TPSA) is 78.5 Å². The van der Waals surface area contributed by atoms with Crippen LogP contribution in [0.5, 0.6) is 0 Å². The molecular formula is C17H10N4O. The Hall–Kier alpha value is -3.39. The Kier molecular flexibility index (Phi) is 2.73. The minimum atomic E-state index is 0.222. The van der Waals surface area contributed by atoms with Crippen molar-refractivity contribution in [2.75, 3.05) is 0 Å². The first-order valence-electron chi connectivity index (χ1n) is 6.75. The van der Waals surface area contributed by atoms with Crippen molar-refractivity contribution >= 4 is 10.8 Å². The molecule has 0 unspecified atom stereocenters. The van der Waals surface area contributed by atoms with E-state index < -0.39 is 0 Å². The Morgan fingerprint density at radius 2 is 1.73 bits per heavy atom. The molecule has 0 atom stereocenters. The third-order valence-electron chi connectivity index (χ3n) is 3.53. The zero-order valence-electron chi connectivity index (χ0n) is 11.4. The van der Waals surface area contributed by atoms with Gasteiger partial charge in [0.15, 0.2) is 17.1 Å². The molecule has 4 aromatic rings. The summed E-state index contributed by atoms with van der Waals surface area (Å²) < 4.78 is 5.83. The van der Waals surface area contributed by atoms with E-state index in [1.807, 2.05) is 30.3 Å². The van der Waals surface area contributed by atoms with Gasteiger partial charge in [-0.2, -0.15) is 15.6 Å². The molecule has 0 aliphatic carbocycles. The highest BCUT2D eigenvalue weighted by molar-refractivity contribution is 5.86. The van der Waals surface area contributed by atoms with Crippen LogP contribution in [0.15, 0.2) is 59.0 Å². The van der Waals surface area contributed by atoms with Crippen LogP contribution in [0.4, 0.5) is 0 Å². The Morgan fingerprint density at radius 1 is 0.909 bits per heavy atom. The van der Waals surface area contributed by atoms with Gasteiger partial charge in [-0.05, 0) is 29.0 Å². The maximum atomic E-state index is 9.00. The van der Waals surface area contributed by atoms with Gasteiger partial charge in [0.2, 0.25) is 0 Å². The summed E-state index contributed by atoms with van der Waals surface area (Å²) in [5.74, 6) is 1.25. The molecule has 104 valence electrons. The molecule has 0 fully saturated rings. The van der Waals surface area contributed by atoms with Crippen LogP contribution in [0.25, 0.3) is 33.6 Å². The minimum Gasteiger partial charge on any atom is -0.454 e. The molecule has 0 radical (unpaired) electrons. The fraction of sp³-hybridized carbons (Fsp3) is 0. The number of nitrogens with one attached hydrogen (secondary N) is 1. The van der Waals surface area contributed by atoms with Gasteiger partial charge in [-0.3, -0.25) is 0 Å². The number of H-pyrrole nitrogens is 1. The van der Waals surface area contributed by atoms with Crippen molar-refractivity contribution in [3.8, 4) is 28.8 Å². The lowest BCUT2D eigenvalue weighted by Gasteiger charge is -2.01. The smallest absolute Gasteiger partial charge is 0.193 e. The maximum Gasteiger partial charge on any atom is 0.193 e. The highest BCUT2D eigenvalue weighted by atomic mass is 16.3. The second kappa shape index (κ2) is 4.86. The normalized spacial score (nSPS) is 10.7. The van der Waals surface area contributed by atoms with Gasteiger partial charge in [-0.1, -0.05) is 36.4 Å². The second-order valence-electron chi connectivity index (χ2n) is 4.86. The van der Waals surface area contributed by atoms with Crippen molar-refractivity contribution in [2.24, 2.45) is 0 Å². The van der Waals surface area contributed by atoms with Crippen LogP contribution in [0.3, 0.4) is 0 Å². The molecule has 5 heteroatoms. The summed E-state index contributed by atoms with van der Waals surface area (Å²) in [6.45, 7) is 0. The number of nitriles is 1. The second-order valence-corrected chi connectivity index (χ2v) is 4.86. The van der Waals surface area contributed by atoms with E-state index in [1.165, 1.54) is 5.39 Å². The Morgan fingerprint density at radius 3 is 2.59 bits per heavy atom. The molecule has 0 aliphatic heterocycles. The molecule has 2 aromatic heterocycles. The highest BCUT2D eigenvalue weighted by Crippen LogP contribution is 2.30. The fourth-order valence-electron chi connectivity index (χ4n) is 2.44. The molecule has 22 heavy (non-hydrogen) atoms. The van der Waals surface area contributed by atoms with E-state index in [-0.39, 0.29) is 5.69 Å². The van der Waals surface area contributed by atoms with Crippen LogP contribution in [0, 0.1) is 11.3 Å². The number of aromatic amines is 1. The van der Waals surface area contributed by atoms with E-state index in [0.717, 1.165) is 16.7 Å². The lowest BCUT2D eigenvalue weighted by Crippen LogP contribution is -1.79. The Balaban J connectivity index is 1.78. The van der Waals surface area contributed by atoms with E-state index in [1.54, 1.807) is 6.07 Å². The average molecular weight is 286 g/mol. The Labute approximate surface area is 125 Å². The van der Waals surface area contributed by atoms with Crippen molar-refractivity contribution in [3.05, 3.63) is 60.3 Å². The van der Waals surface area contributed by atoms with Crippen molar-refractivity contribution in [1.82, 2.24) is 15.4 Å². The van der Waals surface area contributed by atoms with Gasteiger partial charge in [-0.15, -0.1) is 5.10 Å². The molecule has 0 saturated carbocycles. The summed E-state index contributed by atoms with van der Waals surface area (Å²) in [4.78, 5) is 0. The van der Waals surface area contributed by atoms with Crippen molar-refractivity contribution in [1.29, 1.82) is 5.26 Å². The molecule has 4 rings (SSSR count). The first-order valence-corrected chi connectivity index (χ1v) is 6.75. The van der Waals surface area contributed by atoms with Gasteiger partial charge >= 0.3 is 0 Å². The predicted molar refractivity (Wildman–Crippen MR) is 81.7 cm³/mol. The first-order chi connectivity index (χ1) is 10.8. The van der Waals surface area contributed by atoms with Crippen LogP contribution in [-0.4, -0.2) is 15.4 Å². The van der Waals surface area contributed by atoms with E-state index in [0.29, 0.717) is 11.5 Å². The number of fused-ring (bicyclic) bond motifs is 1. The van der Waals surface area contributed by atoms with Gasteiger partial charge in [0.05, 0.1) is 0 Å². The summed E-state index contributed by atoms with van der Waals surface area (Å²) in [6.07, 6.45) is 0. The van der Waals surface area contributed by atoms with E-state index in [9.17, 15) is 0 Å². The van der Waals surface area contributed by atoms with Gasteiger partial charge in [0, 0.05) is 5.56 Å². The number of hydrogen-bond donors (Lipinski definition) is 1. The van der Waals surface area contributed by atoms with Crippen LogP contribution in [-0.2, 0) is 0 Å². The Bertz CT molecular complexity index is 1010. The number of furan rings is 1. The molecule has 0 bridgehead atoms. The standard InChI is InChI=1S/C17H10N4O/c18-10-14-17(20-21-19-14)16-8-7-15(22-16)13-6-5-11-3-1-2-4-12(11)9-13/h1-9H,(H,19,20,21). The summed E-state index contributed by atoms with van der Waals surface area (Å²) in [5.41, 5.74) is 1.63. The van der Waals surface area contributed by atoms with E-state index in [2.05, 4.69) is 39.7 Å². The van der Waals surface area contributed by atoms with Gasteiger partial charge < -0.3 is 4.42 Å². The molecule has 1 N–H and O–H groups in total. The zero-order chi connectivity index (χ0) is 14.9. The summed E-state index contributed by atoms with van der Waals surface area (Å²) in [5, 5.41) is 21.5. The molecule has 0 spiro atoms. The molecular weight excluding hydrogens is 276 g/mol. The zero-order valence-corrected chi connectivity index (χ0v) is 11.4. The van der Waals surface area contributed by atoms with Crippen molar-refractivity contribution in [2.45, 2.75) is 0 Å². The van der Waals surface area contributed by atoms with Crippen LogP contribution in [0.2, 0.25) is 0 Å². The molecule has 0 aliphatic rings. The van der Waals surface area contributed by atoms with E-state index >= 15 is 0 Å². The summed E-state index contributed by atoms with van der Waals surface area (Å²) >= 11 is 0. The van der Waals surface area contributed by atoms with Crippen molar-refractivity contribution in [3.63, 3.8) is 0 Å².